The Morgan fingerprint density at radius 2 is 2.25 bits per heavy atom. The van der Waals surface area contributed by atoms with E-state index in [4.69, 9.17) is 4.74 Å². The quantitative estimate of drug-likeness (QED) is 0.876. The fraction of sp³-hybridized carbons (Fsp3) is 0.333. The standard InChI is InChI=1S/C18H20N2O3S/c1-23-14-5-2-4-13(10-14)11-19-18(22)16-7-8-17(21)20(16)12-15-6-3-9-24-15/h2-6,9-10,16H,7-8,11-12H2,1H3,(H,19,22). The lowest BCUT2D eigenvalue weighted by atomic mass is 10.1. The van der Waals surface area contributed by atoms with Crippen LogP contribution in [-0.4, -0.2) is 29.9 Å². The van der Waals surface area contributed by atoms with Crippen LogP contribution in [0.25, 0.3) is 0 Å². The number of methoxy groups -OCH3 is 1. The van der Waals surface area contributed by atoms with Gasteiger partial charge in [0.05, 0.1) is 13.7 Å². The minimum atomic E-state index is -0.384. The molecule has 1 atom stereocenters. The van der Waals surface area contributed by atoms with E-state index in [-0.39, 0.29) is 17.9 Å². The monoisotopic (exact) mass is 344 g/mol. The Morgan fingerprint density at radius 1 is 1.38 bits per heavy atom. The van der Waals surface area contributed by atoms with Gasteiger partial charge in [0.15, 0.2) is 0 Å². The summed E-state index contributed by atoms with van der Waals surface area (Å²) >= 11 is 1.60. The average Bonchev–Trinajstić information content (AvgIpc) is 3.24. The van der Waals surface area contributed by atoms with Gasteiger partial charge in [0, 0.05) is 17.8 Å². The molecule has 0 bridgehead atoms. The molecule has 1 aliphatic heterocycles. The second kappa shape index (κ2) is 7.49. The van der Waals surface area contributed by atoms with Crippen molar-refractivity contribution >= 4 is 23.2 Å². The molecule has 2 amide bonds. The van der Waals surface area contributed by atoms with Crippen molar-refractivity contribution in [3.8, 4) is 5.75 Å². The Hall–Kier alpha value is -2.34. The van der Waals surface area contributed by atoms with E-state index in [0.717, 1.165) is 16.2 Å². The molecule has 2 heterocycles. The van der Waals surface area contributed by atoms with Crippen LogP contribution < -0.4 is 10.1 Å². The van der Waals surface area contributed by atoms with E-state index in [1.165, 1.54) is 0 Å². The Balaban J connectivity index is 1.61. The lowest BCUT2D eigenvalue weighted by Crippen LogP contribution is -2.43. The zero-order chi connectivity index (χ0) is 16.9. The van der Waals surface area contributed by atoms with Gasteiger partial charge in [-0.15, -0.1) is 11.3 Å². The third-order valence-corrected chi connectivity index (χ3v) is 5.00. The van der Waals surface area contributed by atoms with E-state index in [9.17, 15) is 9.59 Å². The predicted octanol–water partition coefficient (Wildman–Crippen LogP) is 2.56. The van der Waals surface area contributed by atoms with Gasteiger partial charge in [0.2, 0.25) is 11.8 Å². The molecule has 1 aromatic heterocycles. The summed E-state index contributed by atoms with van der Waals surface area (Å²) in [5.74, 6) is 0.710. The highest BCUT2D eigenvalue weighted by Gasteiger charge is 2.35. The van der Waals surface area contributed by atoms with Crippen molar-refractivity contribution in [3.63, 3.8) is 0 Å². The first-order valence-corrected chi connectivity index (χ1v) is 8.78. The highest BCUT2D eigenvalue weighted by Crippen LogP contribution is 2.23. The first-order chi connectivity index (χ1) is 11.7. The van der Waals surface area contributed by atoms with Crippen molar-refractivity contribution in [1.82, 2.24) is 10.2 Å². The maximum Gasteiger partial charge on any atom is 0.243 e. The van der Waals surface area contributed by atoms with Crippen LogP contribution in [0.2, 0.25) is 0 Å². The van der Waals surface area contributed by atoms with Crippen LogP contribution in [-0.2, 0) is 22.7 Å². The van der Waals surface area contributed by atoms with E-state index in [1.54, 1.807) is 23.3 Å². The maximum absolute atomic E-state index is 12.5. The van der Waals surface area contributed by atoms with Crippen LogP contribution >= 0.6 is 11.3 Å². The highest BCUT2D eigenvalue weighted by molar-refractivity contribution is 7.09. The SMILES string of the molecule is COc1cccc(CNC(=O)C2CCC(=O)N2Cc2cccs2)c1. The fourth-order valence-corrected chi connectivity index (χ4v) is 3.57. The van der Waals surface area contributed by atoms with Gasteiger partial charge in [0.25, 0.3) is 0 Å². The van der Waals surface area contributed by atoms with Crippen molar-refractivity contribution < 1.29 is 14.3 Å². The minimum absolute atomic E-state index is 0.0462. The van der Waals surface area contributed by atoms with Crippen molar-refractivity contribution in [1.29, 1.82) is 0 Å². The number of carbonyl (C=O) groups excluding carboxylic acids is 2. The molecule has 0 radical (unpaired) electrons. The molecule has 1 saturated heterocycles. The minimum Gasteiger partial charge on any atom is -0.497 e. The van der Waals surface area contributed by atoms with Gasteiger partial charge in [-0.05, 0) is 35.6 Å². The number of nitrogens with zero attached hydrogens (tertiary/aromatic N) is 1. The molecule has 1 N–H and O–H groups in total. The molecule has 0 saturated carbocycles. The van der Waals surface area contributed by atoms with Crippen molar-refractivity contribution in [3.05, 3.63) is 52.2 Å². The predicted molar refractivity (Wildman–Crippen MR) is 92.7 cm³/mol. The van der Waals surface area contributed by atoms with Gasteiger partial charge in [-0.2, -0.15) is 0 Å². The first kappa shape index (κ1) is 16.5. The van der Waals surface area contributed by atoms with Gasteiger partial charge in [-0.3, -0.25) is 9.59 Å². The normalized spacial score (nSPS) is 17.1. The highest BCUT2D eigenvalue weighted by atomic mass is 32.1. The van der Waals surface area contributed by atoms with Crippen LogP contribution in [0.3, 0.4) is 0 Å². The molecule has 1 unspecified atom stereocenters. The summed E-state index contributed by atoms with van der Waals surface area (Å²) in [5.41, 5.74) is 0.969. The Labute approximate surface area is 145 Å². The van der Waals surface area contributed by atoms with Gasteiger partial charge in [-0.1, -0.05) is 18.2 Å². The van der Waals surface area contributed by atoms with Crippen molar-refractivity contribution in [2.75, 3.05) is 7.11 Å². The van der Waals surface area contributed by atoms with Crippen LogP contribution in [0.4, 0.5) is 0 Å². The zero-order valence-corrected chi connectivity index (χ0v) is 14.3. The number of rotatable bonds is 6. The van der Waals surface area contributed by atoms with Gasteiger partial charge in [0.1, 0.15) is 11.8 Å². The number of benzene rings is 1. The first-order valence-electron chi connectivity index (χ1n) is 7.90. The van der Waals surface area contributed by atoms with E-state index in [2.05, 4.69) is 5.32 Å². The number of likely N-dealkylation sites (tertiary alicyclic amines) is 1. The van der Waals surface area contributed by atoms with Crippen LogP contribution in [0.5, 0.6) is 5.75 Å². The molecular formula is C18H20N2O3S. The number of ether oxygens (including phenoxy) is 1. The third-order valence-electron chi connectivity index (χ3n) is 4.14. The summed E-state index contributed by atoms with van der Waals surface area (Å²) in [6, 6.07) is 11.1. The van der Waals surface area contributed by atoms with E-state index < -0.39 is 0 Å². The van der Waals surface area contributed by atoms with Crippen molar-refractivity contribution in [2.24, 2.45) is 0 Å². The summed E-state index contributed by atoms with van der Waals surface area (Å²) in [6.07, 6.45) is 1.01. The molecule has 5 nitrogen and oxygen atoms in total. The van der Waals surface area contributed by atoms with E-state index in [1.807, 2.05) is 41.8 Å². The maximum atomic E-state index is 12.5. The van der Waals surface area contributed by atoms with Gasteiger partial charge in [-0.25, -0.2) is 0 Å². The summed E-state index contributed by atoms with van der Waals surface area (Å²) in [4.78, 5) is 27.4. The second-order valence-electron chi connectivity index (χ2n) is 5.72. The fourth-order valence-electron chi connectivity index (χ4n) is 2.86. The molecule has 126 valence electrons. The smallest absolute Gasteiger partial charge is 0.243 e. The van der Waals surface area contributed by atoms with Gasteiger partial charge < -0.3 is 15.0 Å². The summed E-state index contributed by atoms with van der Waals surface area (Å²) in [6.45, 7) is 0.932. The van der Waals surface area contributed by atoms with Crippen LogP contribution in [0, 0.1) is 0 Å². The van der Waals surface area contributed by atoms with Gasteiger partial charge >= 0.3 is 0 Å². The molecule has 1 aliphatic rings. The molecule has 2 aromatic rings. The Kier molecular flexibility index (Phi) is 5.15. The lowest BCUT2D eigenvalue weighted by Gasteiger charge is -2.23. The number of nitrogens with one attached hydrogen (secondary N) is 1. The Bertz CT molecular complexity index is 715. The molecule has 3 rings (SSSR count). The molecule has 1 aromatic carbocycles. The summed E-state index contributed by atoms with van der Waals surface area (Å²) in [7, 11) is 1.62. The number of thiophene rings is 1. The molecular weight excluding hydrogens is 324 g/mol. The second-order valence-corrected chi connectivity index (χ2v) is 6.76. The molecule has 0 spiro atoms. The average molecular weight is 344 g/mol. The van der Waals surface area contributed by atoms with Crippen LogP contribution in [0.1, 0.15) is 23.3 Å². The lowest BCUT2D eigenvalue weighted by molar-refractivity contribution is -0.135. The van der Waals surface area contributed by atoms with E-state index in [0.29, 0.717) is 25.9 Å². The number of hydrogen-bond donors (Lipinski definition) is 1. The largest absolute Gasteiger partial charge is 0.497 e. The topological polar surface area (TPSA) is 58.6 Å². The number of hydrogen-bond acceptors (Lipinski definition) is 4. The third kappa shape index (κ3) is 3.76. The molecule has 6 heteroatoms. The van der Waals surface area contributed by atoms with E-state index >= 15 is 0 Å². The number of amides is 2. The molecule has 1 fully saturated rings. The molecule has 0 aliphatic carbocycles. The van der Waals surface area contributed by atoms with Crippen LogP contribution in [0.15, 0.2) is 41.8 Å². The zero-order valence-electron chi connectivity index (χ0n) is 13.5. The number of carbonyl (C=O) groups is 2. The summed E-state index contributed by atoms with van der Waals surface area (Å²) in [5, 5.41) is 4.92. The molecule has 24 heavy (non-hydrogen) atoms. The Morgan fingerprint density at radius 3 is 3.00 bits per heavy atom. The van der Waals surface area contributed by atoms with Crippen molar-refractivity contribution in [2.45, 2.75) is 32.0 Å². The summed E-state index contributed by atoms with van der Waals surface area (Å²) < 4.78 is 5.19.